The van der Waals surface area contributed by atoms with Crippen LogP contribution in [-0.2, 0) is 4.79 Å². The molecule has 1 saturated carbocycles. The number of piperazine rings is 1. The first-order chi connectivity index (χ1) is 11.8. The van der Waals surface area contributed by atoms with E-state index < -0.39 is 0 Å². The predicted molar refractivity (Wildman–Crippen MR) is 96.1 cm³/mol. The number of rotatable bonds is 6. The van der Waals surface area contributed by atoms with Gasteiger partial charge in [0.05, 0.1) is 6.04 Å². The second-order valence-electron chi connectivity index (χ2n) is 6.98. The molecule has 134 valence electrons. The largest absolute Gasteiger partial charge is 0.367 e. The molecule has 0 radical (unpaired) electrons. The van der Waals surface area contributed by atoms with E-state index in [1.165, 1.54) is 32.1 Å². The molecule has 3 rings (SSSR count). The number of nitrogens with one attached hydrogen (secondary N) is 1. The average Bonchev–Trinajstić information content (AvgIpc) is 3.11. The van der Waals surface area contributed by atoms with Crippen molar-refractivity contribution in [3.63, 3.8) is 0 Å². The van der Waals surface area contributed by atoms with Crippen LogP contribution in [0.1, 0.15) is 51.5 Å². The van der Waals surface area contributed by atoms with Crippen LogP contribution in [0.4, 0.5) is 5.82 Å². The lowest BCUT2D eigenvalue weighted by atomic mass is 9.96. The van der Waals surface area contributed by atoms with Gasteiger partial charge >= 0.3 is 0 Å². The van der Waals surface area contributed by atoms with Gasteiger partial charge in [0, 0.05) is 58.0 Å². The van der Waals surface area contributed by atoms with Crippen LogP contribution in [0.25, 0.3) is 0 Å². The fourth-order valence-corrected chi connectivity index (χ4v) is 3.77. The number of anilines is 1. The molecule has 1 aromatic rings. The number of aromatic nitrogens is 2. The summed E-state index contributed by atoms with van der Waals surface area (Å²) in [7, 11) is 0. The molecule has 0 atom stereocenters. The Morgan fingerprint density at radius 1 is 1.21 bits per heavy atom. The number of hydrogen-bond donors (Lipinski definition) is 1. The highest BCUT2D eigenvalue weighted by molar-refractivity contribution is 5.75. The number of nitrogens with zero attached hydrogens (tertiary/aromatic N) is 4. The smallest absolute Gasteiger partial charge is 0.222 e. The predicted octanol–water partition coefficient (Wildman–Crippen LogP) is 2.35. The molecule has 0 bridgehead atoms. The Kier molecular flexibility index (Phi) is 6.12. The lowest BCUT2D eigenvalue weighted by Crippen LogP contribution is -2.49. The summed E-state index contributed by atoms with van der Waals surface area (Å²) in [6.07, 6.45) is 9.31. The van der Waals surface area contributed by atoms with Gasteiger partial charge in [0.2, 0.25) is 5.91 Å². The van der Waals surface area contributed by atoms with Crippen LogP contribution in [0.2, 0.25) is 0 Å². The van der Waals surface area contributed by atoms with E-state index in [0.717, 1.165) is 45.1 Å². The molecule has 0 aromatic carbocycles. The first kappa shape index (κ1) is 17.3. The average molecular weight is 333 g/mol. The highest BCUT2D eigenvalue weighted by Crippen LogP contribution is 2.27. The molecule has 1 aromatic heterocycles. The van der Waals surface area contributed by atoms with Gasteiger partial charge in [-0.05, 0) is 12.8 Å². The van der Waals surface area contributed by atoms with E-state index >= 15 is 0 Å². The molecule has 2 heterocycles. The highest BCUT2D eigenvalue weighted by Gasteiger charge is 2.19. The summed E-state index contributed by atoms with van der Waals surface area (Å²) in [6, 6.07) is 2.69. The summed E-state index contributed by atoms with van der Waals surface area (Å²) in [6.45, 7) is 7.53. The number of hydrogen-bond acceptors (Lipinski definition) is 4. The molecule has 6 heteroatoms. The standard InChI is InChI=1S/C18H31N5O/c1-2-18(24)22-14-12-21(13-15-22)11-9-19-17-8-10-23(20-17)16-6-4-3-5-7-16/h8,10,16H,2-7,9,11-15H2,1H3,(H,19,20). The first-order valence-electron chi connectivity index (χ1n) is 9.55. The van der Waals surface area contributed by atoms with E-state index in [1.807, 2.05) is 11.8 Å². The Labute approximate surface area is 145 Å². The fourth-order valence-electron chi connectivity index (χ4n) is 3.77. The normalized spacial score (nSPS) is 20.3. The van der Waals surface area contributed by atoms with Crippen molar-refractivity contribution < 1.29 is 4.79 Å². The highest BCUT2D eigenvalue weighted by atomic mass is 16.2. The van der Waals surface area contributed by atoms with Gasteiger partial charge in [-0.3, -0.25) is 14.4 Å². The third-order valence-electron chi connectivity index (χ3n) is 5.32. The third-order valence-corrected chi connectivity index (χ3v) is 5.32. The van der Waals surface area contributed by atoms with Gasteiger partial charge < -0.3 is 10.2 Å². The summed E-state index contributed by atoms with van der Waals surface area (Å²) in [5.74, 6) is 1.27. The van der Waals surface area contributed by atoms with Crippen LogP contribution in [-0.4, -0.2) is 64.8 Å². The summed E-state index contributed by atoms with van der Waals surface area (Å²) in [5.41, 5.74) is 0. The van der Waals surface area contributed by atoms with Gasteiger partial charge in [-0.2, -0.15) is 5.10 Å². The van der Waals surface area contributed by atoms with Crippen molar-refractivity contribution in [2.24, 2.45) is 0 Å². The van der Waals surface area contributed by atoms with E-state index in [9.17, 15) is 4.79 Å². The Balaban J connectivity index is 1.36. The molecule has 1 aliphatic carbocycles. The summed E-state index contributed by atoms with van der Waals surface area (Å²) in [4.78, 5) is 16.1. The van der Waals surface area contributed by atoms with Gasteiger partial charge in [-0.25, -0.2) is 0 Å². The zero-order chi connectivity index (χ0) is 16.8. The van der Waals surface area contributed by atoms with Gasteiger partial charge in [0.1, 0.15) is 5.82 Å². The van der Waals surface area contributed by atoms with E-state index in [1.54, 1.807) is 0 Å². The SMILES string of the molecule is CCC(=O)N1CCN(CCNc2ccn(C3CCCCC3)n2)CC1. The molecule has 1 saturated heterocycles. The molecule has 1 amide bonds. The van der Waals surface area contributed by atoms with Crippen LogP contribution in [0.3, 0.4) is 0 Å². The Morgan fingerprint density at radius 3 is 2.67 bits per heavy atom. The molecular weight excluding hydrogens is 302 g/mol. The quantitative estimate of drug-likeness (QED) is 0.868. The van der Waals surface area contributed by atoms with Crippen LogP contribution in [0, 0.1) is 0 Å². The minimum absolute atomic E-state index is 0.279. The van der Waals surface area contributed by atoms with Crippen molar-refractivity contribution in [1.29, 1.82) is 0 Å². The summed E-state index contributed by atoms with van der Waals surface area (Å²) in [5, 5.41) is 8.14. The monoisotopic (exact) mass is 333 g/mol. The molecule has 1 N–H and O–H groups in total. The second kappa shape index (κ2) is 8.51. The van der Waals surface area contributed by atoms with Crippen molar-refractivity contribution in [3.8, 4) is 0 Å². The van der Waals surface area contributed by atoms with Crippen LogP contribution in [0.15, 0.2) is 12.3 Å². The van der Waals surface area contributed by atoms with Crippen LogP contribution in [0.5, 0.6) is 0 Å². The summed E-state index contributed by atoms with van der Waals surface area (Å²) < 4.78 is 2.15. The van der Waals surface area contributed by atoms with Crippen LogP contribution < -0.4 is 5.32 Å². The van der Waals surface area contributed by atoms with Crippen LogP contribution >= 0.6 is 0 Å². The van der Waals surface area contributed by atoms with E-state index in [4.69, 9.17) is 5.10 Å². The van der Waals surface area contributed by atoms with E-state index in [2.05, 4.69) is 27.2 Å². The molecule has 2 fully saturated rings. The molecule has 24 heavy (non-hydrogen) atoms. The maximum Gasteiger partial charge on any atom is 0.222 e. The lowest BCUT2D eigenvalue weighted by molar-refractivity contribution is -0.132. The Morgan fingerprint density at radius 2 is 1.96 bits per heavy atom. The number of amides is 1. The van der Waals surface area contributed by atoms with Crippen molar-refractivity contribution in [3.05, 3.63) is 12.3 Å². The maximum atomic E-state index is 11.7. The zero-order valence-electron chi connectivity index (χ0n) is 14.9. The number of carbonyl (C=O) groups excluding carboxylic acids is 1. The Bertz CT molecular complexity index is 515. The van der Waals surface area contributed by atoms with Crippen molar-refractivity contribution >= 4 is 11.7 Å². The topological polar surface area (TPSA) is 53.4 Å². The molecule has 1 aliphatic heterocycles. The van der Waals surface area contributed by atoms with Crippen molar-refractivity contribution in [1.82, 2.24) is 19.6 Å². The van der Waals surface area contributed by atoms with Gasteiger partial charge in [0.25, 0.3) is 0 Å². The fraction of sp³-hybridized carbons (Fsp3) is 0.778. The first-order valence-corrected chi connectivity index (χ1v) is 9.55. The van der Waals surface area contributed by atoms with Crippen molar-refractivity contribution in [2.45, 2.75) is 51.5 Å². The van der Waals surface area contributed by atoms with Gasteiger partial charge in [-0.15, -0.1) is 0 Å². The van der Waals surface area contributed by atoms with Gasteiger partial charge in [-0.1, -0.05) is 26.2 Å². The molecule has 0 unspecified atom stereocenters. The molecular formula is C18H31N5O. The third kappa shape index (κ3) is 4.50. The Hall–Kier alpha value is -1.56. The van der Waals surface area contributed by atoms with Crippen molar-refractivity contribution in [2.75, 3.05) is 44.6 Å². The van der Waals surface area contributed by atoms with Gasteiger partial charge in [0.15, 0.2) is 0 Å². The minimum atomic E-state index is 0.279. The lowest BCUT2D eigenvalue weighted by Gasteiger charge is -2.34. The van der Waals surface area contributed by atoms with E-state index in [-0.39, 0.29) is 5.91 Å². The number of carbonyl (C=O) groups is 1. The molecule has 0 spiro atoms. The second-order valence-corrected chi connectivity index (χ2v) is 6.98. The molecule has 6 nitrogen and oxygen atoms in total. The minimum Gasteiger partial charge on any atom is -0.367 e. The zero-order valence-corrected chi connectivity index (χ0v) is 14.9. The molecule has 2 aliphatic rings. The maximum absolute atomic E-state index is 11.7. The van der Waals surface area contributed by atoms with E-state index in [0.29, 0.717) is 12.5 Å². The summed E-state index contributed by atoms with van der Waals surface area (Å²) >= 11 is 0.